The van der Waals surface area contributed by atoms with Crippen LogP contribution in [0, 0.1) is 5.92 Å². The highest BCUT2D eigenvalue weighted by atomic mass is 15.0. The SMILES string of the molecule is CCC1=NCC2C=CC=CC2=N1. The number of hydrogen-bond acceptors (Lipinski definition) is 2. The van der Waals surface area contributed by atoms with Gasteiger partial charge in [-0.25, -0.2) is 4.99 Å². The average Bonchev–Trinajstić information content (AvgIpc) is 2.17. The number of fused-ring (bicyclic) bond motifs is 1. The van der Waals surface area contributed by atoms with Gasteiger partial charge in [-0.2, -0.15) is 0 Å². The van der Waals surface area contributed by atoms with Gasteiger partial charge in [-0.3, -0.25) is 4.99 Å². The lowest BCUT2D eigenvalue weighted by Gasteiger charge is -2.18. The van der Waals surface area contributed by atoms with Gasteiger partial charge in [0.2, 0.25) is 0 Å². The maximum atomic E-state index is 4.45. The third-order valence-electron chi connectivity index (χ3n) is 2.15. The first-order chi connectivity index (χ1) is 5.90. The van der Waals surface area contributed by atoms with Crippen molar-refractivity contribution in [3.05, 3.63) is 24.3 Å². The summed E-state index contributed by atoms with van der Waals surface area (Å²) >= 11 is 0. The lowest BCUT2D eigenvalue weighted by atomic mass is 9.97. The minimum atomic E-state index is 0.435. The Labute approximate surface area is 72.4 Å². The molecule has 0 spiro atoms. The first-order valence-electron chi connectivity index (χ1n) is 4.37. The van der Waals surface area contributed by atoms with Gasteiger partial charge in [-0.05, 0) is 6.08 Å². The predicted octanol–water partition coefficient (Wildman–Crippen LogP) is 1.99. The van der Waals surface area contributed by atoms with E-state index in [4.69, 9.17) is 0 Å². The first kappa shape index (κ1) is 7.47. The van der Waals surface area contributed by atoms with E-state index in [0.29, 0.717) is 5.92 Å². The van der Waals surface area contributed by atoms with Crippen LogP contribution in [0.15, 0.2) is 34.3 Å². The van der Waals surface area contributed by atoms with Gasteiger partial charge >= 0.3 is 0 Å². The summed E-state index contributed by atoms with van der Waals surface area (Å²) < 4.78 is 0. The van der Waals surface area contributed by atoms with E-state index in [2.05, 4.69) is 35.1 Å². The van der Waals surface area contributed by atoms with E-state index in [1.165, 1.54) is 5.71 Å². The Morgan fingerprint density at radius 2 is 2.42 bits per heavy atom. The van der Waals surface area contributed by atoms with Crippen LogP contribution in [0.3, 0.4) is 0 Å². The molecule has 2 rings (SSSR count). The molecule has 0 saturated heterocycles. The van der Waals surface area contributed by atoms with Crippen molar-refractivity contribution in [1.82, 2.24) is 0 Å². The van der Waals surface area contributed by atoms with Gasteiger partial charge in [0.25, 0.3) is 0 Å². The Morgan fingerprint density at radius 1 is 1.50 bits per heavy atom. The van der Waals surface area contributed by atoms with Crippen molar-refractivity contribution < 1.29 is 0 Å². The topological polar surface area (TPSA) is 24.7 Å². The zero-order valence-corrected chi connectivity index (χ0v) is 7.20. The summed E-state index contributed by atoms with van der Waals surface area (Å²) in [6.07, 6.45) is 9.28. The Hall–Kier alpha value is -1.18. The zero-order chi connectivity index (χ0) is 8.39. The molecule has 0 aromatic rings. The van der Waals surface area contributed by atoms with Crippen LogP contribution >= 0.6 is 0 Å². The number of amidine groups is 1. The molecule has 0 fully saturated rings. The maximum Gasteiger partial charge on any atom is 0.123 e. The van der Waals surface area contributed by atoms with Crippen LogP contribution < -0.4 is 0 Å². The molecular formula is C10H12N2. The van der Waals surface area contributed by atoms with Crippen LogP contribution in [0.25, 0.3) is 0 Å². The lowest BCUT2D eigenvalue weighted by molar-refractivity contribution is 0.840. The Morgan fingerprint density at radius 3 is 3.25 bits per heavy atom. The number of aliphatic imine (C=N–C) groups is 2. The van der Waals surface area contributed by atoms with Crippen LogP contribution in [0.5, 0.6) is 0 Å². The normalized spacial score (nSPS) is 26.2. The Balaban J connectivity index is 2.26. The lowest BCUT2D eigenvalue weighted by Crippen LogP contribution is -2.21. The smallest absolute Gasteiger partial charge is 0.123 e. The molecule has 1 heterocycles. The first-order valence-corrected chi connectivity index (χ1v) is 4.37. The molecule has 1 aliphatic carbocycles. The summed E-state index contributed by atoms with van der Waals surface area (Å²) in [5.74, 6) is 1.42. The molecule has 0 amide bonds. The summed E-state index contributed by atoms with van der Waals surface area (Å²) in [7, 11) is 0. The number of rotatable bonds is 1. The van der Waals surface area contributed by atoms with E-state index in [1.54, 1.807) is 0 Å². The van der Waals surface area contributed by atoms with Crippen molar-refractivity contribution >= 4 is 11.5 Å². The van der Waals surface area contributed by atoms with E-state index in [0.717, 1.165) is 18.8 Å². The second-order valence-corrected chi connectivity index (χ2v) is 3.00. The van der Waals surface area contributed by atoms with E-state index in [-0.39, 0.29) is 0 Å². The molecule has 0 aromatic carbocycles. The molecular weight excluding hydrogens is 148 g/mol. The van der Waals surface area contributed by atoms with Gasteiger partial charge in [0, 0.05) is 12.3 Å². The molecule has 1 unspecified atom stereocenters. The zero-order valence-electron chi connectivity index (χ0n) is 7.20. The van der Waals surface area contributed by atoms with Crippen molar-refractivity contribution in [2.45, 2.75) is 13.3 Å². The van der Waals surface area contributed by atoms with Gasteiger partial charge in [-0.1, -0.05) is 25.2 Å². The van der Waals surface area contributed by atoms with Crippen molar-refractivity contribution in [3.63, 3.8) is 0 Å². The highest BCUT2D eigenvalue weighted by Gasteiger charge is 2.16. The van der Waals surface area contributed by atoms with Crippen LogP contribution in [0.4, 0.5) is 0 Å². The minimum absolute atomic E-state index is 0.435. The van der Waals surface area contributed by atoms with Crippen molar-refractivity contribution in [1.29, 1.82) is 0 Å². The predicted molar refractivity (Wildman–Crippen MR) is 51.8 cm³/mol. The third kappa shape index (κ3) is 1.24. The molecule has 0 saturated carbocycles. The standard InChI is InChI=1S/C10H12N2/c1-2-10-11-7-8-5-3-4-6-9(8)12-10/h3-6,8H,2,7H2,1H3. The average molecular weight is 160 g/mol. The van der Waals surface area contributed by atoms with Crippen LogP contribution in [-0.2, 0) is 0 Å². The van der Waals surface area contributed by atoms with Gasteiger partial charge in [0.05, 0.1) is 12.3 Å². The second-order valence-electron chi connectivity index (χ2n) is 3.00. The molecule has 0 N–H and O–H groups in total. The summed E-state index contributed by atoms with van der Waals surface area (Å²) in [5.41, 5.74) is 1.17. The maximum absolute atomic E-state index is 4.45. The fraction of sp³-hybridized carbons (Fsp3) is 0.400. The Bertz CT molecular complexity index is 295. The quantitative estimate of drug-likeness (QED) is 0.560. The summed E-state index contributed by atoms with van der Waals surface area (Å²) in [4.78, 5) is 8.83. The Kier molecular flexibility index (Phi) is 1.90. The van der Waals surface area contributed by atoms with E-state index >= 15 is 0 Å². The molecule has 2 nitrogen and oxygen atoms in total. The number of nitrogens with zero attached hydrogens (tertiary/aromatic N) is 2. The van der Waals surface area contributed by atoms with Gasteiger partial charge in [0.1, 0.15) is 5.84 Å². The molecule has 0 aromatic heterocycles. The molecule has 12 heavy (non-hydrogen) atoms. The highest BCUT2D eigenvalue weighted by molar-refractivity contribution is 6.08. The van der Waals surface area contributed by atoms with Crippen molar-refractivity contribution in [2.24, 2.45) is 15.9 Å². The van der Waals surface area contributed by atoms with Crippen LogP contribution in [0.1, 0.15) is 13.3 Å². The van der Waals surface area contributed by atoms with E-state index in [9.17, 15) is 0 Å². The van der Waals surface area contributed by atoms with Crippen molar-refractivity contribution in [3.8, 4) is 0 Å². The summed E-state index contributed by atoms with van der Waals surface area (Å²) in [5, 5.41) is 0. The second kappa shape index (κ2) is 3.05. The largest absolute Gasteiger partial charge is 0.270 e. The van der Waals surface area contributed by atoms with Gasteiger partial charge in [-0.15, -0.1) is 0 Å². The fourth-order valence-corrected chi connectivity index (χ4v) is 1.43. The van der Waals surface area contributed by atoms with Crippen LogP contribution in [0.2, 0.25) is 0 Å². The van der Waals surface area contributed by atoms with E-state index < -0.39 is 0 Å². The summed E-state index contributed by atoms with van der Waals surface area (Å²) in [6.45, 7) is 2.97. The molecule has 2 heteroatoms. The van der Waals surface area contributed by atoms with Gasteiger partial charge < -0.3 is 0 Å². The molecule has 0 radical (unpaired) electrons. The highest BCUT2D eigenvalue weighted by Crippen LogP contribution is 2.14. The number of allylic oxidation sites excluding steroid dienone is 3. The summed E-state index contributed by atoms with van der Waals surface area (Å²) in [6, 6.07) is 0. The number of hydrogen-bond donors (Lipinski definition) is 0. The monoisotopic (exact) mass is 160 g/mol. The third-order valence-corrected chi connectivity index (χ3v) is 2.15. The van der Waals surface area contributed by atoms with Gasteiger partial charge in [0.15, 0.2) is 0 Å². The molecule has 1 atom stereocenters. The molecule has 62 valence electrons. The minimum Gasteiger partial charge on any atom is -0.270 e. The van der Waals surface area contributed by atoms with Crippen LogP contribution in [-0.4, -0.2) is 18.1 Å². The van der Waals surface area contributed by atoms with Crippen molar-refractivity contribution in [2.75, 3.05) is 6.54 Å². The molecule has 1 aliphatic heterocycles. The fourth-order valence-electron chi connectivity index (χ4n) is 1.43. The van der Waals surface area contributed by atoms with E-state index in [1.807, 2.05) is 6.08 Å². The molecule has 0 bridgehead atoms. The molecule has 2 aliphatic rings.